The van der Waals surface area contributed by atoms with Crippen LogP contribution in [0.1, 0.15) is 23.1 Å². The third-order valence-corrected chi connectivity index (χ3v) is 4.60. The van der Waals surface area contributed by atoms with Crippen molar-refractivity contribution >= 4 is 0 Å². The lowest BCUT2D eigenvalue weighted by Gasteiger charge is -2.17. The summed E-state index contributed by atoms with van der Waals surface area (Å²) in [5.41, 5.74) is 2.66. The Kier molecular flexibility index (Phi) is 5.63. The van der Waals surface area contributed by atoms with Crippen LogP contribution in [-0.4, -0.2) is 17.3 Å². The summed E-state index contributed by atoms with van der Waals surface area (Å²) in [6.07, 6.45) is 0. The molecule has 1 atom stereocenters. The summed E-state index contributed by atoms with van der Waals surface area (Å²) in [7, 11) is 1.64. The lowest BCUT2D eigenvalue weighted by Crippen LogP contribution is -2.22. The molecule has 0 saturated heterocycles. The van der Waals surface area contributed by atoms with Gasteiger partial charge in [0.15, 0.2) is 0 Å². The van der Waals surface area contributed by atoms with Gasteiger partial charge < -0.3 is 9.15 Å². The smallest absolute Gasteiger partial charge is 0.247 e. The van der Waals surface area contributed by atoms with Gasteiger partial charge in [0.2, 0.25) is 11.8 Å². The predicted molar refractivity (Wildman–Crippen MR) is 108 cm³/mol. The first-order valence-electron chi connectivity index (χ1n) is 9.24. The first kappa shape index (κ1) is 18.8. The molecule has 0 aliphatic carbocycles. The number of methoxy groups -OCH3 is 1. The molecule has 0 fully saturated rings. The molecule has 0 amide bonds. The summed E-state index contributed by atoms with van der Waals surface area (Å²) in [5.74, 6) is 1.33. The van der Waals surface area contributed by atoms with Gasteiger partial charge in [0.05, 0.1) is 7.11 Å². The molecule has 146 valence electrons. The van der Waals surface area contributed by atoms with Crippen molar-refractivity contribution in [1.82, 2.24) is 15.5 Å². The van der Waals surface area contributed by atoms with E-state index in [2.05, 4.69) is 15.5 Å². The first-order chi connectivity index (χ1) is 14.2. The summed E-state index contributed by atoms with van der Waals surface area (Å²) in [6, 6.07) is 23.2. The van der Waals surface area contributed by atoms with E-state index >= 15 is 0 Å². The van der Waals surface area contributed by atoms with E-state index in [1.807, 2.05) is 54.6 Å². The van der Waals surface area contributed by atoms with Gasteiger partial charge in [-0.3, -0.25) is 5.32 Å². The van der Waals surface area contributed by atoms with Crippen molar-refractivity contribution in [3.05, 3.63) is 102 Å². The Bertz CT molecular complexity index is 1060. The average Bonchev–Trinajstić information content (AvgIpc) is 3.26. The van der Waals surface area contributed by atoms with Crippen LogP contribution >= 0.6 is 0 Å². The third-order valence-electron chi connectivity index (χ3n) is 4.60. The molecule has 1 N–H and O–H groups in total. The number of halogens is 1. The van der Waals surface area contributed by atoms with Gasteiger partial charge in [-0.25, -0.2) is 4.39 Å². The van der Waals surface area contributed by atoms with E-state index in [1.54, 1.807) is 19.2 Å². The normalized spacial score (nSPS) is 11.9. The molecular weight excluding hydrogens is 369 g/mol. The highest BCUT2D eigenvalue weighted by molar-refractivity contribution is 5.51. The van der Waals surface area contributed by atoms with Crippen LogP contribution in [-0.2, 0) is 6.54 Å². The molecule has 1 unspecified atom stereocenters. The van der Waals surface area contributed by atoms with E-state index in [-0.39, 0.29) is 5.82 Å². The molecular formula is C23H20FN3O2. The number of aromatic nitrogens is 2. The van der Waals surface area contributed by atoms with Crippen LogP contribution in [0.3, 0.4) is 0 Å². The molecule has 5 nitrogen and oxygen atoms in total. The fourth-order valence-electron chi connectivity index (χ4n) is 3.11. The SMILES string of the molecule is COc1ccccc1CNC(c1ccc(F)cc1)c1nnc(-c2ccccc2)o1. The highest BCUT2D eigenvalue weighted by atomic mass is 19.1. The molecule has 0 spiro atoms. The number of nitrogens with zero attached hydrogens (tertiary/aromatic N) is 2. The summed E-state index contributed by atoms with van der Waals surface area (Å²) in [4.78, 5) is 0. The highest BCUT2D eigenvalue weighted by Gasteiger charge is 2.21. The second-order valence-electron chi connectivity index (χ2n) is 6.49. The first-order valence-corrected chi connectivity index (χ1v) is 9.24. The van der Waals surface area contributed by atoms with E-state index in [1.165, 1.54) is 12.1 Å². The van der Waals surface area contributed by atoms with E-state index in [9.17, 15) is 4.39 Å². The van der Waals surface area contributed by atoms with Gasteiger partial charge in [-0.2, -0.15) is 0 Å². The van der Waals surface area contributed by atoms with Crippen molar-refractivity contribution in [3.8, 4) is 17.2 Å². The Labute approximate surface area is 168 Å². The van der Waals surface area contributed by atoms with Crippen molar-refractivity contribution in [2.75, 3.05) is 7.11 Å². The molecule has 3 aromatic carbocycles. The zero-order valence-electron chi connectivity index (χ0n) is 15.9. The summed E-state index contributed by atoms with van der Waals surface area (Å²) in [6.45, 7) is 0.509. The molecule has 0 radical (unpaired) electrons. The fourth-order valence-corrected chi connectivity index (χ4v) is 3.11. The number of ether oxygens (including phenoxy) is 1. The van der Waals surface area contributed by atoms with Gasteiger partial charge in [0, 0.05) is 17.7 Å². The minimum absolute atomic E-state index is 0.298. The standard InChI is InChI=1S/C23H20FN3O2/c1-28-20-10-6-5-9-18(20)15-25-21(16-11-13-19(24)14-12-16)23-27-26-22(29-23)17-7-3-2-4-8-17/h2-14,21,25H,15H2,1H3. The zero-order chi connectivity index (χ0) is 20.1. The second-order valence-corrected chi connectivity index (χ2v) is 6.49. The number of nitrogens with one attached hydrogen (secondary N) is 1. The van der Waals surface area contributed by atoms with Gasteiger partial charge in [0.1, 0.15) is 17.6 Å². The van der Waals surface area contributed by atoms with Crippen LogP contribution < -0.4 is 10.1 Å². The Morgan fingerprint density at radius 2 is 1.66 bits per heavy atom. The number of benzene rings is 3. The van der Waals surface area contributed by atoms with Crippen LogP contribution in [0.25, 0.3) is 11.5 Å². The molecule has 1 aromatic heterocycles. The van der Waals surface area contributed by atoms with Crippen LogP contribution in [0.2, 0.25) is 0 Å². The highest BCUT2D eigenvalue weighted by Crippen LogP contribution is 2.26. The quantitative estimate of drug-likeness (QED) is 0.494. The van der Waals surface area contributed by atoms with Gasteiger partial charge in [0.25, 0.3) is 0 Å². The maximum absolute atomic E-state index is 13.4. The number of hydrogen-bond acceptors (Lipinski definition) is 5. The summed E-state index contributed by atoms with van der Waals surface area (Å²) < 4.78 is 24.8. The molecule has 1 heterocycles. The van der Waals surface area contributed by atoms with Gasteiger partial charge in [-0.1, -0.05) is 48.5 Å². The van der Waals surface area contributed by atoms with Crippen LogP contribution in [0.4, 0.5) is 4.39 Å². The Balaban J connectivity index is 1.64. The summed E-state index contributed by atoms with van der Waals surface area (Å²) in [5, 5.41) is 11.9. The average molecular weight is 389 g/mol. The van der Waals surface area contributed by atoms with E-state index in [0.717, 1.165) is 22.4 Å². The molecule has 0 aliphatic rings. The molecule has 0 aliphatic heterocycles. The minimum Gasteiger partial charge on any atom is -0.496 e. The van der Waals surface area contributed by atoms with E-state index < -0.39 is 6.04 Å². The number of rotatable bonds is 7. The molecule has 0 bridgehead atoms. The largest absolute Gasteiger partial charge is 0.496 e. The topological polar surface area (TPSA) is 60.2 Å². The molecule has 4 rings (SSSR count). The van der Waals surface area contributed by atoms with Crippen molar-refractivity contribution in [2.24, 2.45) is 0 Å². The van der Waals surface area contributed by atoms with Gasteiger partial charge in [-0.15, -0.1) is 10.2 Å². The lowest BCUT2D eigenvalue weighted by molar-refractivity contribution is 0.401. The molecule has 29 heavy (non-hydrogen) atoms. The number of hydrogen-bond donors (Lipinski definition) is 1. The minimum atomic E-state index is -0.398. The van der Waals surface area contributed by atoms with Crippen LogP contribution in [0.15, 0.2) is 83.3 Å². The van der Waals surface area contributed by atoms with Crippen LogP contribution in [0.5, 0.6) is 5.75 Å². The van der Waals surface area contributed by atoms with Gasteiger partial charge in [-0.05, 0) is 35.9 Å². The lowest BCUT2D eigenvalue weighted by atomic mass is 10.1. The molecule has 6 heteroatoms. The Morgan fingerprint density at radius 3 is 2.41 bits per heavy atom. The van der Waals surface area contributed by atoms with Crippen LogP contribution in [0, 0.1) is 5.82 Å². The second kappa shape index (κ2) is 8.67. The zero-order valence-corrected chi connectivity index (χ0v) is 15.9. The fraction of sp³-hybridized carbons (Fsp3) is 0.130. The van der Waals surface area contributed by atoms with Crippen molar-refractivity contribution in [2.45, 2.75) is 12.6 Å². The van der Waals surface area contributed by atoms with Crippen molar-refractivity contribution in [3.63, 3.8) is 0 Å². The van der Waals surface area contributed by atoms with Gasteiger partial charge >= 0.3 is 0 Å². The third kappa shape index (κ3) is 4.33. The Morgan fingerprint density at radius 1 is 0.931 bits per heavy atom. The maximum atomic E-state index is 13.4. The molecule has 0 saturated carbocycles. The maximum Gasteiger partial charge on any atom is 0.247 e. The monoisotopic (exact) mass is 389 g/mol. The van der Waals surface area contributed by atoms with E-state index in [4.69, 9.17) is 9.15 Å². The molecule has 4 aromatic rings. The van der Waals surface area contributed by atoms with Crippen molar-refractivity contribution < 1.29 is 13.5 Å². The van der Waals surface area contributed by atoms with Crippen molar-refractivity contribution in [1.29, 1.82) is 0 Å². The Hall–Kier alpha value is -3.51. The summed E-state index contributed by atoms with van der Waals surface area (Å²) >= 11 is 0. The number of para-hydroxylation sites is 1. The predicted octanol–water partition coefficient (Wildman–Crippen LogP) is 4.76. The van der Waals surface area contributed by atoms with E-state index in [0.29, 0.717) is 18.3 Å².